The molecule has 0 saturated carbocycles. The maximum Gasteiger partial charge on any atom is 0.224 e. The van der Waals surface area contributed by atoms with Gasteiger partial charge in [0.05, 0.1) is 13.5 Å². The third-order valence-electron chi connectivity index (χ3n) is 3.31. The average Bonchev–Trinajstić information content (AvgIpc) is 2.60. The Bertz CT molecular complexity index is 750. The van der Waals surface area contributed by atoms with Gasteiger partial charge in [-0.15, -0.1) is 0 Å². The van der Waals surface area contributed by atoms with Crippen molar-refractivity contribution in [1.29, 1.82) is 0 Å². The number of benzene rings is 2. The van der Waals surface area contributed by atoms with Crippen molar-refractivity contribution in [3.8, 4) is 5.75 Å². The van der Waals surface area contributed by atoms with Gasteiger partial charge >= 0.3 is 0 Å². The molecule has 0 unspecified atom stereocenters. The Hall–Kier alpha value is -2.64. The number of carbonyl (C=O) groups excluding carboxylic acids is 1. The molecule has 128 valence electrons. The molecule has 1 amide bonds. The number of nitrogens with one attached hydrogen (secondary N) is 1. The highest BCUT2D eigenvalue weighted by Gasteiger charge is 2.26. The number of ether oxygens (including phenoxy) is 1. The summed E-state index contributed by atoms with van der Waals surface area (Å²) < 4.78 is 71.2. The minimum Gasteiger partial charge on any atom is -0.496 e. The van der Waals surface area contributed by atoms with Gasteiger partial charge < -0.3 is 10.1 Å². The van der Waals surface area contributed by atoms with Crippen LogP contribution < -0.4 is 10.1 Å². The Kier molecular flexibility index (Phi) is 5.38. The molecule has 0 radical (unpaired) electrons. The summed E-state index contributed by atoms with van der Waals surface area (Å²) in [5.41, 5.74) is -0.588. The molecular weight excluding hydrogens is 333 g/mol. The number of para-hydroxylation sites is 1. The number of amides is 1. The van der Waals surface area contributed by atoms with Crippen molar-refractivity contribution in [1.82, 2.24) is 5.32 Å². The molecule has 0 heterocycles. The van der Waals surface area contributed by atoms with Crippen molar-refractivity contribution >= 4 is 5.91 Å². The van der Waals surface area contributed by atoms with Crippen LogP contribution in [-0.4, -0.2) is 13.0 Å². The molecule has 2 aromatic rings. The van der Waals surface area contributed by atoms with Crippen molar-refractivity contribution in [3.63, 3.8) is 0 Å². The van der Waals surface area contributed by atoms with Gasteiger partial charge in [0.15, 0.2) is 23.3 Å². The van der Waals surface area contributed by atoms with Crippen LogP contribution in [0.1, 0.15) is 11.1 Å². The predicted molar refractivity (Wildman–Crippen MR) is 74.8 cm³/mol. The first kappa shape index (κ1) is 17.7. The zero-order valence-electron chi connectivity index (χ0n) is 12.4. The van der Waals surface area contributed by atoms with Crippen LogP contribution in [-0.2, 0) is 17.8 Å². The maximum absolute atomic E-state index is 13.5. The molecule has 24 heavy (non-hydrogen) atoms. The average molecular weight is 345 g/mol. The lowest BCUT2D eigenvalue weighted by molar-refractivity contribution is -0.120. The van der Waals surface area contributed by atoms with E-state index in [1.165, 1.54) is 7.11 Å². The van der Waals surface area contributed by atoms with Gasteiger partial charge in [-0.2, -0.15) is 0 Å². The Morgan fingerprint density at radius 2 is 1.50 bits per heavy atom. The fourth-order valence-corrected chi connectivity index (χ4v) is 2.07. The molecular formula is C16H12F5NO2. The quantitative estimate of drug-likeness (QED) is 0.513. The fourth-order valence-electron chi connectivity index (χ4n) is 2.07. The number of halogens is 5. The van der Waals surface area contributed by atoms with E-state index in [-0.39, 0.29) is 6.54 Å². The second-order valence-corrected chi connectivity index (χ2v) is 4.81. The minimum atomic E-state index is -2.26. The summed E-state index contributed by atoms with van der Waals surface area (Å²) in [4.78, 5) is 11.8. The first-order valence-electron chi connectivity index (χ1n) is 6.75. The molecule has 0 aliphatic rings. The van der Waals surface area contributed by atoms with Gasteiger partial charge in [0.25, 0.3) is 0 Å². The summed E-state index contributed by atoms with van der Waals surface area (Å²) in [5, 5.41) is 2.34. The van der Waals surface area contributed by atoms with Crippen molar-refractivity contribution in [2.75, 3.05) is 7.11 Å². The molecule has 8 heteroatoms. The Balaban J connectivity index is 2.14. The number of methoxy groups -OCH3 is 1. The van der Waals surface area contributed by atoms with Crippen LogP contribution >= 0.6 is 0 Å². The van der Waals surface area contributed by atoms with Gasteiger partial charge in [-0.1, -0.05) is 18.2 Å². The van der Waals surface area contributed by atoms with Crippen molar-refractivity contribution in [2.24, 2.45) is 0 Å². The third-order valence-corrected chi connectivity index (χ3v) is 3.31. The van der Waals surface area contributed by atoms with Gasteiger partial charge in [0, 0.05) is 17.7 Å². The predicted octanol–water partition coefficient (Wildman–Crippen LogP) is 3.25. The van der Waals surface area contributed by atoms with E-state index in [0.717, 1.165) is 0 Å². The van der Waals surface area contributed by atoms with Crippen molar-refractivity contribution in [3.05, 3.63) is 64.5 Å². The Morgan fingerprint density at radius 1 is 0.958 bits per heavy atom. The summed E-state index contributed by atoms with van der Waals surface area (Å²) >= 11 is 0. The van der Waals surface area contributed by atoms with E-state index >= 15 is 0 Å². The van der Waals surface area contributed by atoms with E-state index in [4.69, 9.17) is 4.74 Å². The highest BCUT2D eigenvalue weighted by atomic mass is 19.2. The molecule has 0 fully saturated rings. The lowest BCUT2D eigenvalue weighted by atomic mass is 10.1. The molecule has 0 aromatic heterocycles. The van der Waals surface area contributed by atoms with E-state index in [2.05, 4.69) is 5.32 Å². The summed E-state index contributed by atoms with van der Waals surface area (Å²) in [6.07, 6.45) is -0.985. The lowest BCUT2D eigenvalue weighted by Crippen LogP contribution is -2.26. The van der Waals surface area contributed by atoms with Crippen LogP contribution in [0.3, 0.4) is 0 Å². The van der Waals surface area contributed by atoms with E-state index < -0.39 is 47.0 Å². The van der Waals surface area contributed by atoms with Crippen LogP contribution in [0.15, 0.2) is 24.3 Å². The summed E-state index contributed by atoms with van der Waals surface area (Å²) in [6.45, 7) is -0.0295. The van der Waals surface area contributed by atoms with E-state index in [1.807, 2.05) is 0 Å². The molecule has 0 aliphatic carbocycles. The fraction of sp³-hybridized carbons (Fsp3) is 0.188. The topological polar surface area (TPSA) is 38.3 Å². The molecule has 1 N–H and O–H groups in total. The van der Waals surface area contributed by atoms with Gasteiger partial charge in [0.2, 0.25) is 11.7 Å². The van der Waals surface area contributed by atoms with E-state index in [9.17, 15) is 26.7 Å². The monoisotopic (exact) mass is 345 g/mol. The normalized spacial score (nSPS) is 10.6. The van der Waals surface area contributed by atoms with Gasteiger partial charge in [0.1, 0.15) is 5.75 Å². The first-order valence-corrected chi connectivity index (χ1v) is 6.75. The van der Waals surface area contributed by atoms with Crippen LogP contribution in [0.5, 0.6) is 5.75 Å². The summed E-state index contributed by atoms with van der Waals surface area (Å²) in [6, 6.07) is 6.69. The van der Waals surface area contributed by atoms with Crippen LogP contribution in [0.4, 0.5) is 22.0 Å². The lowest BCUT2D eigenvalue weighted by Gasteiger charge is -2.11. The molecule has 0 aliphatic heterocycles. The molecule has 0 atom stereocenters. The van der Waals surface area contributed by atoms with Crippen LogP contribution in [0.25, 0.3) is 0 Å². The van der Waals surface area contributed by atoms with Gasteiger partial charge in [-0.05, 0) is 6.07 Å². The van der Waals surface area contributed by atoms with Crippen LogP contribution in [0.2, 0.25) is 0 Å². The first-order chi connectivity index (χ1) is 11.4. The molecule has 0 saturated heterocycles. The largest absolute Gasteiger partial charge is 0.496 e. The Labute approximate surface area is 134 Å². The van der Waals surface area contributed by atoms with Gasteiger partial charge in [-0.25, -0.2) is 22.0 Å². The van der Waals surface area contributed by atoms with E-state index in [1.54, 1.807) is 24.3 Å². The minimum absolute atomic E-state index is 0.0295. The standard InChI is InChI=1S/C16H12F5NO2/c1-24-10-5-3-2-4-8(10)7-22-11(23)6-9-12(17)14(19)16(21)15(20)13(9)18/h2-5H,6-7H2,1H3,(H,22,23). The number of hydrogen-bond acceptors (Lipinski definition) is 2. The number of hydrogen-bond donors (Lipinski definition) is 1. The smallest absolute Gasteiger partial charge is 0.224 e. The molecule has 3 nitrogen and oxygen atoms in total. The zero-order valence-corrected chi connectivity index (χ0v) is 12.4. The second-order valence-electron chi connectivity index (χ2n) is 4.81. The van der Waals surface area contributed by atoms with E-state index in [0.29, 0.717) is 11.3 Å². The second kappa shape index (κ2) is 7.29. The molecule has 0 spiro atoms. The van der Waals surface area contributed by atoms with Crippen LogP contribution in [0, 0.1) is 29.1 Å². The maximum atomic E-state index is 13.5. The zero-order chi connectivity index (χ0) is 17.9. The highest BCUT2D eigenvalue weighted by molar-refractivity contribution is 5.78. The summed E-state index contributed by atoms with van der Waals surface area (Å²) in [7, 11) is 1.43. The Morgan fingerprint density at radius 3 is 2.08 bits per heavy atom. The number of rotatable bonds is 5. The molecule has 2 rings (SSSR count). The van der Waals surface area contributed by atoms with Gasteiger partial charge in [-0.3, -0.25) is 4.79 Å². The number of carbonyl (C=O) groups is 1. The SMILES string of the molecule is COc1ccccc1CNC(=O)Cc1c(F)c(F)c(F)c(F)c1F. The van der Waals surface area contributed by atoms with Crippen molar-refractivity contribution in [2.45, 2.75) is 13.0 Å². The molecule has 2 aromatic carbocycles. The summed E-state index contributed by atoms with van der Waals surface area (Å²) in [5.74, 6) is -10.9. The highest BCUT2D eigenvalue weighted by Crippen LogP contribution is 2.23. The third kappa shape index (κ3) is 3.47. The molecule has 0 bridgehead atoms. The van der Waals surface area contributed by atoms with Crippen molar-refractivity contribution < 1.29 is 31.5 Å².